The van der Waals surface area contributed by atoms with Crippen LogP contribution in [0.3, 0.4) is 0 Å². The highest BCUT2D eigenvalue weighted by Gasteiger charge is 2.20. The SMILES string of the molecule is c1ccc(-c2ccc3c(c2)c2cc(-c4ccccc4)ccc2n3-c2ccc(-c3cccc4c3sc3c4c4ccccc4n3-c3ccccc3)cc2)cc1. The molecule has 0 amide bonds. The first kappa shape index (κ1) is 30.0. The quantitative estimate of drug-likeness (QED) is 0.170. The molecule has 11 rings (SSSR count). The molecule has 3 heteroatoms. The van der Waals surface area contributed by atoms with Crippen LogP contribution < -0.4 is 0 Å². The van der Waals surface area contributed by atoms with E-state index in [0.29, 0.717) is 0 Å². The minimum Gasteiger partial charge on any atom is -0.309 e. The lowest BCUT2D eigenvalue weighted by Crippen LogP contribution is -1.94. The molecule has 8 aromatic carbocycles. The zero-order chi connectivity index (χ0) is 34.9. The van der Waals surface area contributed by atoms with Crippen LogP contribution in [0.15, 0.2) is 194 Å². The molecule has 0 unspecified atom stereocenters. The van der Waals surface area contributed by atoms with Crippen molar-refractivity contribution in [1.82, 2.24) is 9.13 Å². The maximum absolute atomic E-state index is 2.43. The summed E-state index contributed by atoms with van der Waals surface area (Å²) >= 11 is 1.89. The van der Waals surface area contributed by atoms with Crippen LogP contribution in [-0.4, -0.2) is 9.13 Å². The number of nitrogens with zero attached hydrogens (tertiary/aromatic N) is 2. The molecule has 0 fully saturated rings. The molecule has 0 atom stereocenters. The Hall–Kier alpha value is -6.68. The molecule has 0 radical (unpaired) electrons. The van der Waals surface area contributed by atoms with Gasteiger partial charge < -0.3 is 9.13 Å². The number of aromatic nitrogens is 2. The summed E-state index contributed by atoms with van der Waals surface area (Å²) in [6, 6.07) is 70.7. The third kappa shape index (κ3) is 4.71. The van der Waals surface area contributed by atoms with Crippen LogP contribution in [0, 0.1) is 0 Å². The lowest BCUT2D eigenvalue weighted by Gasteiger charge is -2.11. The van der Waals surface area contributed by atoms with Crippen molar-refractivity contribution in [3.05, 3.63) is 194 Å². The Balaban J connectivity index is 1.07. The maximum Gasteiger partial charge on any atom is 0.109 e. The Morgan fingerprint density at radius 3 is 1.47 bits per heavy atom. The molecule has 0 saturated heterocycles. The second kappa shape index (κ2) is 11.9. The van der Waals surface area contributed by atoms with Gasteiger partial charge >= 0.3 is 0 Å². The highest BCUT2D eigenvalue weighted by Crippen LogP contribution is 2.46. The molecule has 248 valence electrons. The molecular weight excluding hydrogens is 661 g/mol. The van der Waals surface area contributed by atoms with Crippen LogP contribution in [0.2, 0.25) is 0 Å². The fourth-order valence-corrected chi connectivity index (χ4v) is 9.67. The topological polar surface area (TPSA) is 9.86 Å². The normalized spacial score (nSPS) is 11.8. The van der Waals surface area contributed by atoms with Gasteiger partial charge in [0.1, 0.15) is 4.83 Å². The Kier molecular flexibility index (Phi) is 6.76. The summed E-state index contributed by atoms with van der Waals surface area (Å²) in [5.74, 6) is 0. The molecule has 0 bridgehead atoms. The molecule has 3 aromatic heterocycles. The van der Waals surface area contributed by atoms with Crippen LogP contribution in [0.5, 0.6) is 0 Å². The van der Waals surface area contributed by atoms with E-state index in [4.69, 9.17) is 0 Å². The summed E-state index contributed by atoms with van der Waals surface area (Å²) in [6.45, 7) is 0. The van der Waals surface area contributed by atoms with Crippen LogP contribution in [0.25, 0.3) is 97.8 Å². The fraction of sp³-hybridized carbons (Fsp3) is 0. The first-order valence-electron chi connectivity index (χ1n) is 18.1. The van der Waals surface area contributed by atoms with E-state index in [-0.39, 0.29) is 0 Å². The molecule has 0 aliphatic heterocycles. The first-order chi connectivity index (χ1) is 26.3. The summed E-state index contributed by atoms with van der Waals surface area (Å²) in [5.41, 5.74) is 13.4. The van der Waals surface area contributed by atoms with E-state index in [0.717, 1.165) is 5.69 Å². The van der Waals surface area contributed by atoms with E-state index in [1.807, 2.05) is 11.3 Å². The van der Waals surface area contributed by atoms with Gasteiger partial charge in [0.15, 0.2) is 0 Å². The molecule has 0 aliphatic rings. The third-order valence-corrected chi connectivity index (χ3v) is 12.0. The highest BCUT2D eigenvalue weighted by atomic mass is 32.1. The van der Waals surface area contributed by atoms with E-state index >= 15 is 0 Å². The van der Waals surface area contributed by atoms with Crippen molar-refractivity contribution in [1.29, 1.82) is 0 Å². The Morgan fingerprint density at radius 1 is 0.321 bits per heavy atom. The molecule has 53 heavy (non-hydrogen) atoms. The largest absolute Gasteiger partial charge is 0.309 e. The summed E-state index contributed by atoms with van der Waals surface area (Å²) in [6.07, 6.45) is 0. The van der Waals surface area contributed by atoms with Crippen molar-refractivity contribution in [2.24, 2.45) is 0 Å². The van der Waals surface area contributed by atoms with E-state index < -0.39 is 0 Å². The summed E-state index contributed by atoms with van der Waals surface area (Å²) in [4.78, 5) is 1.28. The van der Waals surface area contributed by atoms with Crippen molar-refractivity contribution >= 4 is 64.3 Å². The summed E-state index contributed by atoms with van der Waals surface area (Å²) in [5, 5.41) is 6.44. The molecule has 2 nitrogen and oxygen atoms in total. The highest BCUT2D eigenvalue weighted by molar-refractivity contribution is 7.26. The zero-order valence-corrected chi connectivity index (χ0v) is 29.6. The van der Waals surface area contributed by atoms with Gasteiger partial charge in [-0.3, -0.25) is 0 Å². The van der Waals surface area contributed by atoms with Gasteiger partial charge in [0, 0.05) is 43.0 Å². The van der Waals surface area contributed by atoms with Crippen molar-refractivity contribution in [3.8, 4) is 44.8 Å². The predicted molar refractivity (Wildman–Crippen MR) is 227 cm³/mol. The van der Waals surface area contributed by atoms with E-state index in [1.54, 1.807) is 0 Å². The lowest BCUT2D eigenvalue weighted by atomic mass is 10.0. The molecule has 0 aliphatic carbocycles. The lowest BCUT2D eigenvalue weighted by molar-refractivity contribution is 1.18. The molecular formula is C50H32N2S. The van der Waals surface area contributed by atoms with Crippen molar-refractivity contribution in [2.75, 3.05) is 0 Å². The third-order valence-electron chi connectivity index (χ3n) is 10.7. The number of hydrogen-bond acceptors (Lipinski definition) is 1. The van der Waals surface area contributed by atoms with E-state index in [9.17, 15) is 0 Å². The number of benzene rings is 8. The van der Waals surface area contributed by atoms with Crippen LogP contribution in [0.4, 0.5) is 0 Å². The van der Waals surface area contributed by atoms with E-state index in [1.165, 1.54) is 92.1 Å². The number of para-hydroxylation sites is 2. The second-order valence-corrected chi connectivity index (χ2v) is 14.7. The fourth-order valence-electron chi connectivity index (χ4n) is 8.29. The van der Waals surface area contributed by atoms with Crippen molar-refractivity contribution in [2.45, 2.75) is 0 Å². The second-order valence-electron chi connectivity index (χ2n) is 13.7. The molecule has 3 heterocycles. The Labute approximate surface area is 311 Å². The summed E-state index contributed by atoms with van der Waals surface area (Å²) < 4.78 is 6.17. The molecule has 0 spiro atoms. The smallest absolute Gasteiger partial charge is 0.109 e. The standard InChI is InChI=1S/C50H32N2S/c1-4-13-33(14-5-1)36-25-29-46-43(31-36)44-32-37(34-15-6-2-7-16-34)26-30-47(44)51(46)39-27-23-35(24-28-39)40-20-12-21-42-48-41-19-10-11-22-45(41)52(50(48)53-49(40)42)38-17-8-3-9-18-38/h1-32H. The average molecular weight is 693 g/mol. The summed E-state index contributed by atoms with van der Waals surface area (Å²) in [7, 11) is 0. The van der Waals surface area contributed by atoms with Crippen molar-refractivity contribution in [3.63, 3.8) is 0 Å². The van der Waals surface area contributed by atoms with Gasteiger partial charge in [-0.2, -0.15) is 0 Å². The van der Waals surface area contributed by atoms with Crippen LogP contribution in [-0.2, 0) is 0 Å². The number of thiophene rings is 1. The van der Waals surface area contributed by atoms with Gasteiger partial charge in [0.25, 0.3) is 0 Å². The number of fused-ring (bicyclic) bond motifs is 8. The number of rotatable bonds is 5. The van der Waals surface area contributed by atoms with Gasteiger partial charge in [-0.25, -0.2) is 0 Å². The maximum atomic E-state index is 2.43. The molecule has 0 saturated carbocycles. The average Bonchev–Trinajstić information content (AvgIpc) is 3.88. The van der Waals surface area contributed by atoms with Crippen molar-refractivity contribution < 1.29 is 0 Å². The van der Waals surface area contributed by atoms with Gasteiger partial charge in [-0.05, 0) is 88.0 Å². The van der Waals surface area contributed by atoms with E-state index in [2.05, 4.69) is 203 Å². The number of hydrogen-bond donors (Lipinski definition) is 0. The van der Waals surface area contributed by atoms with Gasteiger partial charge in [-0.1, -0.05) is 140 Å². The molecule has 11 aromatic rings. The minimum absolute atomic E-state index is 1.15. The minimum atomic E-state index is 1.15. The van der Waals surface area contributed by atoms with Crippen LogP contribution in [0.1, 0.15) is 0 Å². The molecule has 0 N–H and O–H groups in total. The Bertz CT molecular complexity index is 3030. The Morgan fingerprint density at radius 2 is 0.830 bits per heavy atom. The van der Waals surface area contributed by atoms with Gasteiger partial charge in [0.2, 0.25) is 0 Å². The zero-order valence-electron chi connectivity index (χ0n) is 28.8. The predicted octanol–water partition coefficient (Wildman–Crippen LogP) is 14.1. The van der Waals surface area contributed by atoms with Gasteiger partial charge in [-0.15, -0.1) is 11.3 Å². The monoisotopic (exact) mass is 692 g/mol. The van der Waals surface area contributed by atoms with Gasteiger partial charge in [0.05, 0.1) is 16.6 Å². The van der Waals surface area contributed by atoms with Crippen LogP contribution >= 0.6 is 11.3 Å². The first-order valence-corrected chi connectivity index (χ1v) is 18.9.